The summed E-state index contributed by atoms with van der Waals surface area (Å²) in [5, 5.41) is 0. The number of nitrogens with zero attached hydrogens (tertiary/aromatic N) is 1. The topological polar surface area (TPSA) is 115 Å². The van der Waals surface area contributed by atoms with Gasteiger partial charge in [-0.1, -0.05) is 12.1 Å². The van der Waals surface area contributed by atoms with Crippen LogP contribution in [0.15, 0.2) is 36.4 Å². The summed E-state index contributed by atoms with van der Waals surface area (Å²) in [5.41, 5.74) is 7.31. The minimum Gasteiger partial charge on any atom is -0.493 e. The Morgan fingerprint density at radius 2 is 1.63 bits per heavy atom. The fraction of sp³-hybridized carbons (Fsp3) is 0.286. The quantitative estimate of drug-likeness (QED) is 0.487. The summed E-state index contributed by atoms with van der Waals surface area (Å²) in [6.07, 6.45) is 0.632. The van der Waals surface area contributed by atoms with Crippen LogP contribution in [0, 0.1) is 0 Å². The lowest BCUT2D eigenvalue weighted by atomic mass is 10.1. The second-order valence-corrected chi connectivity index (χ2v) is 6.51. The van der Waals surface area contributed by atoms with Crippen LogP contribution >= 0.6 is 0 Å². The summed E-state index contributed by atoms with van der Waals surface area (Å²) >= 11 is 0. The number of fused-ring (bicyclic) bond motifs is 1. The molecule has 0 saturated heterocycles. The summed E-state index contributed by atoms with van der Waals surface area (Å²) in [6, 6.07) is 11.1. The highest BCUT2D eigenvalue weighted by Gasteiger charge is 2.14. The Labute approximate surface area is 173 Å². The van der Waals surface area contributed by atoms with E-state index in [-0.39, 0.29) is 24.7 Å². The molecule has 2 amide bonds. The van der Waals surface area contributed by atoms with E-state index in [1.54, 1.807) is 12.1 Å². The van der Waals surface area contributed by atoms with Gasteiger partial charge in [-0.15, -0.1) is 0 Å². The Balaban J connectivity index is 1.50. The first kappa shape index (κ1) is 21.0. The zero-order valence-electron chi connectivity index (χ0n) is 17.1. The molecule has 3 aromatic rings. The number of carbonyl (C=O) groups is 2. The number of H-pyrrole nitrogens is 1. The van der Waals surface area contributed by atoms with Crippen LogP contribution in [0.5, 0.6) is 17.2 Å². The van der Waals surface area contributed by atoms with Gasteiger partial charge < -0.3 is 19.2 Å². The van der Waals surface area contributed by atoms with Crippen molar-refractivity contribution < 1.29 is 23.8 Å². The molecule has 0 aliphatic heterocycles. The molecule has 1 aromatic heterocycles. The monoisotopic (exact) mass is 412 g/mol. The van der Waals surface area contributed by atoms with Gasteiger partial charge in [0.2, 0.25) is 17.6 Å². The number of carbonyl (C=O) groups excluding carboxylic acids is 2. The fourth-order valence-electron chi connectivity index (χ4n) is 3.03. The third kappa shape index (κ3) is 4.99. The Hall–Kier alpha value is -3.75. The second-order valence-electron chi connectivity index (χ2n) is 6.51. The third-order valence-electron chi connectivity index (χ3n) is 4.47. The number of amides is 2. The molecule has 3 rings (SSSR count). The maximum atomic E-state index is 12.1. The number of benzene rings is 2. The van der Waals surface area contributed by atoms with Gasteiger partial charge in [0, 0.05) is 6.42 Å². The number of aromatic amines is 1. The molecule has 2 aromatic carbocycles. The predicted octanol–water partition coefficient (Wildman–Crippen LogP) is 1.91. The van der Waals surface area contributed by atoms with E-state index in [9.17, 15) is 9.59 Å². The van der Waals surface area contributed by atoms with Crippen LogP contribution in [0.25, 0.3) is 11.0 Å². The average molecular weight is 412 g/mol. The average Bonchev–Trinajstić information content (AvgIpc) is 3.17. The van der Waals surface area contributed by atoms with Crippen LogP contribution in [0.2, 0.25) is 0 Å². The maximum Gasteiger partial charge on any atom is 0.245 e. The van der Waals surface area contributed by atoms with E-state index in [1.165, 1.54) is 21.3 Å². The van der Waals surface area contributed by atoms with E-state index < -0.39 is 0 Å². The highest BCUT2D eigenvalue weighted by molar-refractivity contribution is 5.84. The Morgan fingerprint density at radius 1 is 0.967 bits per heavy atom. The first-order chi connectivity index (χ1) is 14.5. The molecule has 3 N–H and O–H groups in total. The molecule has 0 saturated carbocycles. The van der Waals surface area contributed by atoms with Crippen molar-refractivity contribution in [3.05, 3.63) is 47.8 Å². The zero-order chi connectivity index (χ0) is 21.5. The zero-order valence-corrected chi connectivity index (χ0v) is 17.1. The van der Waals surface area contributed by atoms with Gasteiger partial charge in [0.25, 0.3) is 0 Å². The Kier molecular flexibility index (Phi) is 6.74. The van der Waals surface area contributed by atoms with E-state index in [2.05, 4.69) is 20.8 Å². The first-order valence-electron chi connectivity index (χ1n) is 9.34. The van der Waals surface area contributed by atoms with Crippen LogP contribution in [-0.4, -0.2) is 43.1 Å². The van der Waals surface area contributed by atoms with Gasteiger partial charge >= 0.3 is 0 Å². The summed E-state index contributed by atoms with van der Waals surface area (Å²) in [6.45, 7) is 0. The van der Waals surface area contributed by atoms with Crippen molar-refractivity contribution in [2.45, 2.75) is 19.3 Å². The van der Waals surface area contributed by atoms with E-state index in [1.807, 2.05) is 24.3 Å². The van der Waals surface area contributed by atoms with Crippen molar-refractivity contribution >= 4 is 22.8 Å². The van der Waals surface area contributed by atoms with Gasteiger partial charge in [-0.05, 0) is 36.2 Å². The second kappa shape index (κ2) is 9.64. The number of rotatable bonds is 8. The number of hydrogen-bond acceptors (Lipinski definition) is 6. The van der Waals surface area contributed by atoms with Crippen molar-refractivity contribution in [3.8, 4) is 17.2 Å². The lowest BCUT2D eigenvalue weighted by Gasteiger charge is -2.14. The molecule has 0 aliphatic rings. The van der Waals surface area contributed by atoms with Crippen molar-refractivity contribution in [2.75, 3.05) is 21.3 Å². The summed E-state index contributed by atoms with van der Waals surface area (Å²) in [5.74, 6) is 1.38. The number of methoxy groups -OCH3 is 3. The third-order valence-corrected chi connectivity index (χ3v) is 4.47. The molecule has 1 heterocycles. The molecular weight excluding hydrogens is 388 g/mol. The van der Waals surface area contributed by atoms with Crippen LogP contribution in [0.4, 0.5) is 0 Å². The van der Waals surface area contributed by atoms with Gasteiger partial charge in [-0.3, -0.25) is 20.4 Å². The van der Waals surface area contributed by atoms with E-state index in [4.69, 9.17) is 14.2 Å². The van der Waals surface area contributed by atoms with Crippen LogP contribution in [0.3, 0.4) is 0 Å². The lowest BCUT2D eigenvalue weighted by Crippen LogP contribution is -2.42. The molecule has 0 atom stereocenters. The van der Waals surface area contributed by atoms with E-state index >= 15 is 0 Å². The van der Waals surface area contributed by atoms with Gasteiger partial charge in [-0.2, -0.15) is 0 Å². The molecule has 0 aliphatic carbocycles. The molecule has 9 heteroatoms. The summed E-state index contributed by atoms with van der Waals surface area (Å²) < 4.78 is 15.9. The van der Waals surface area contributed by atoms with E-state index in [0.717, 1.165) is 16.6 Å². The fourth-order valence-corrected chi connectivity index (χ4v) is 3.03. The highest BCUT2D eigenvalue weighted by Crippen LogP contribution is 2.38. The van der Waals surface area contributed by atoms with Crippen molar-refractivity contribution in [2.24, 2.45) is 0 Å². The first-order valence-corrected chi connectivity index (χ1v) is 9.34. The van der Waals surface area contributed by atoms with Gasteiger partial charge in [-0.25, -0.2) is 4.98 Å². The predicted molar refractivity (Wildman–Crippen MR) is 111 cm³/mol. The number of aromatic nitrogens is 2. The minimum absolute atomic E-state index is 0.0296. The number of imidazole rings is 1. The molecular formula is C21H24N4O5. The van der Waals surface area contributed by atoms with Gasteiger partial charge in [0.15, 0.2) is 11.5 Å². The molecule has 9 nitrogen and oxygen atoms in total. The lowest BCUT2D eigenvalue weighted by molar-refractivity contribution is -0.128. The number of hydrazine groups is 1. The maximum absolute atomic E-state index is 12.1. The largest absolute Gasteiger partial charge is 0.493 e. The highest BCUT2D eigenvalue weighted by atomic mass is 16.5. The van der Waals surface area contributed by atoms with Crippen molar-refractivity contribution in [1.29, 1.82) is 0 Å². The van der Waals surface area contributed by atoms with Crippen molar-refractivity contribution in [3.63, 3.8) is 0 Å². The standard InChI is InChI=1S/C21H24N4O5/c1-28-16-10-13(11-17(29-2)21(16)30-3)8-9-19(26)24-25-20(27)12-18-22-14-6-4-5-7-15(14)23-18/h4-7,10-11H,8-9,12H2,1-3H3,(H,22,23)(H,24,26)(H,25,27). The van der Waals surface area contributed by atoms with Crippen molar-refractivity contribution in [1.82, 2.24) is 20.8 Å². The number of nitrogens with one attached hydrogen (secondary N) is 3. The van der Waals surface area contributed by atoms with E-state index in [0.29, 0.717) is 29.5 Å². The minimum atomic E-state index is -0.366. The normalized spacial score (nSPS) is 10.5. The van der Waals surface area contributed by atoms with Crippen LogP contribution < -0.4 is 25.1 Å². The van der Waals surface area contributed by atoms with Gasteiger partial charge in [0.1, 0.15) is 5.82 Å². The Bertz CT molecular complexity index is 989. The molecule has 0 unspecified atom stereocenters. The molecule has 30 heavy (non-hydrogen) atoms. The number of hydrogen-bond donors (Lipinski definition) is 3. The number of aryl methyl sites for hydroxylation is 1. The molecule has 0 fully saturated rings. The summed E-state index contributed by atoms with van der Waals surface area (Å²) in [4.78, 5) is 31.6. The van der Waals surface area contributed by atoms with Crippen LogP contribution in [0.1, 0.15) is 17.8 Å². The van der Waals surface area contributed by atoms with Crippen LogP contribution in [-0.2, 0) is 22.4 Å². The number of para-hydroxylation sites is 2. The summed E-state index contributed by atoms with van der Waals surface area (Å²) in [7, 11) is 4.60. The Morgan fingerprint density at radius 3 is 2.27 bits per heavy atom. The molecule has 158 valence electrons. The molecule has 0 spiro atoms. The molecule has 0 radical (unpaired) electrons. The SMILES string of the molecule is COc1cc(CCC(=O)NNC(=O)Cc2nc3ccccc3[nH]2)cc(OC)c1OC. The number of ether oxygens (including phenoxy) is 3. The van der Waals surface area contributed by atoms with Gasteiger partial charge in [0.05, 0.1) is 38.8 Å². The molecule has 0 bridgehead atoms. The smallest absolute Gasteiger partial charge is 0.245 e.